The van der Waals surface area contributed by atoms with Crippen molar-refractivity contribution in [2.24, 2.45) is 0 Å². The molecule has 232 valence electrons. The normalized spacial score (nSPS) is 21.0. The first-order valence-corrected chi connectivity index (χ1v) is 15.4. The average Bonchev–Trinajstić information content (AvgIpc) is 3.39. The van der Waals surface area contributed by atoms with Gasteiger partial charge in [0.1, 0.15) is 30.7 Å². The van der Waals surface area contributed by atoms with E-state index in [2.05, 4.69) is 5.09 Å². The number of benzene rings is 3. The van der Waals surface area contributed by atoms with Crippen LogP contribution in [0.25, 0.3) is 10.8 Å². The number of hydrogen-bond donors (Lipinski definition) is 3. The zero-order valence-corrected chi connectivity index (χ0v) is 24.7. The molecule has 4 aromatic rings. The lowest BCUT2D eigenvalue weighted by Gasteiger charge is -2.29. The molecule has 0 amide bonds. The fourth-order valence-electron chi connectivity index (χ4n) is 4.85. The van der Waals surface area contributed by atoms with Crippen LogP contribution in [0.4, 0.5) is 4.39 Å². The third-order valence-corrected chi connectivity index (χ3v) is 8.79. The fraction of sp³-hybridized carbons (Fsp3) is 0.300. The Morgan fingerprint density at radius 2 is 1.82 bits per heavy atom. The largest absolute Gasteiger partial charge is 0.460 e. The molecule has 0 bridgehead atoms. The van der Waals surface area contributed by atoms with E-state index in [0.717, 1.165) is 15.5 Å². The first kappa shape index (κ1) is 31.3. The summed E-state index contributed by atoms with van der Waals surface area (Å²) < 4.78 is 52.1. The minimum Gasteiger partial charge on any atom is -0.460 e. The Morgan fingerprint density at radius 1 is 1.11 bits per heavy atom. The minimum atomic E-state index is -4.42. The number of hydrogen-bond acceptors (Lipinski definition) is 9. The van der Waals surface area contributed by atoms with Crippen LogP contribution < -0.4 is 20.9 Å². The zero-order valence-electron chi connectivity index (χ0n) is 23.8. The summed E-state index contributed by atoms with van der Waals surface area (Å²) in [5.41, 5.74) is -1.36. The van der Waals surface area contributed by atoms with Crippen molar-refractivity contribution in [1.29, 1.82) is 0 Å². The summed E-state index contributed by atoms with van der Waals surface area (Å²) in [7, 11) is -4.42. The van der Waals surface area contributed by atoms with Gasteiger partial charge in [-0.25, -0.2) is 9.36 Å². The van der Waals surface area contributed by atoms with Gasteiger partial charge in [-0.05, 0) is 30.9 Å². The Hall–Kier alpha value is -4.13. The lowest BCUT2D eigenvalue weighted by molar-refractivity contribution is -0.146. The molecule has 0 spiro atoms. The predicted octanol–water partition coefficient (Wildman–Crippen LogP) is 3.79. The number of halogens is 1. The molecule has 2 heterocycles. The number of nitrogens with zero attached hydrogens (tertiary/aromatic N) is 1. The van der Waals surface area contributed by atoms with E-state index < -0.39 is 61.4 Å². The molecule has 6 atom stereocenters. The lowest BCUT2D eigenvalue weighted by atomic mass is 10.1. The second-order valence-corrected chi connectivity index (χ2v) is 12.0. The Kier molecular flexibility index (Phi) is 9.42. The molecule has 14 heteroatoms. The van der Waals surface area contributed by atoms with Gasteiger partial charge in [-0.3, -0.25) is 23.7 Å². The van der Waals surface area contributed by atoms with E-state index in [9.17, 15) is 28.4 Å². The van der Waals surface area contributed by atoms with E-state index in [1.165, 1.54) is 13.8 Å². The average molecular weight is 628 g/mol. The van der Waals surface area contributed by atoms with Crippen LogP contribution in [-0.4, -0.2) is 45.0 Å². The highest BCUT2D eigenvalue weighted by Gasteiger charge is 2.43. The number of esters is 1. The Balaban J connectivity index is 1.37. The number of H-pyrrole nitrogens is 1. The summed E-state index contributed by atoms with van der Waals surface area (Å²) in [5.74, 6) is -1.72. The van der Waals surface area contributed by atoms with E-state index >= 15 is 0 Å². The topological polar surface area (TPSA) is 158 Å². The summed E-state index contributed by atoms with van der Waals surface area (Å²) in [6, 6.07) is 20.3. The molecular weight excluding hydrogens is 596 g/mol. The molecule has 0 aliphatic carbocycles. The van der Waals surface area contributed by atoms with E-state index in [-0.39, 0.29) is 18.8 Å². The lowest BCUT2D eigenvalue weighted by Crippen LogP contribution is -2.39. The van der Waals surface area contributed by atoms with E-state index in [4.69, 9.17) is 18.5 Å². The highest BCUT2D eigenvalue weighted by atomic mass is 31.2. The first-order chi connectivity index (χ1) is 21.0. The molecule has 3 aromatic carbocycles. The zero-order chi connectivity index (χ0) is 31.4. The summed E-state index contributed by atoms with van der Waals surface area (Å²) in [5, 5.41) is 14.8. The highest BCUT2D eigenvalue weighted by Crippen LogP contribution is 2.49. The number of carbonyl (C=O) groups excluding carboxylic acids is 1. The number of aromatic amines is 1. The highest BCUT2D eigenvalue weighted by molar-refractivity contribution is 7.52. The van der Waals surface area contributed by atoms with Gasteiger partial charge in [-0.1, -0.05) is 66.7 Å². The van der Waals surface area contributed by atoms with Gasteiger partial charge >= 0.3 is 19.4 Å². The smallest absolute Gasteiger partial charge is 0.459 e. The third-order valence-electron chi connectivity index (χ3n) is 7.04. The van der Waals surface area contributed by atoms with Gasteiger partial charge in [0.05, 0.1) is 18.4 Å². The van der Waals surface area contributed by atoms with Crippen LogP contribution in [-0.2, 0) is 30.0 Å². The van der Waals surface area contributed by atoms with Gasteiger partial charge in [0.2, 0.25) is 5.82 Å². The van der Waals surface area contributed by atoms with E-state index in [1.54, 1.807) is 48.5 Å². The van der Waals surface area contributed by atoms with E-state index in [1.807, 2.05) is 29.2 Å². The number of fused-ring (bicyclic) bond motifs is 1. The number of rotatable bonds is 11. The van der Waals surface area contributed by atoms with Gasteiger partial charge < -0.3 is 19.1 Å². The molecule has 1 aliphatic heterocycles. The molecule has 3 N–H and O–H groups in total. The third kappa shape index (κ3) is 7.15. The van der Waals surface area contributed by atoms with Gasteiger partial charge in [0.25, 0.3) is 5.56 Å². The van der Waals surface area contributed by atoms with Crippen LogP contribution in [0.1, 0.15) is 32.1 Å². The number of aliphatic hydroxyl groups is 1. The van der Waals surface area contributed by atoms with Crippen molar-refractivity contribution in [2.45, 2.75) is 57.5 Å². The first-order valence-electron chi connectivity index (χ1n) is 13.8. The summed E-state index contributed by atoms with van der Waals surface area (Å²) in [4.78, 5) is 38.4. The maximum Gasteiger partial charge on any atom is 0.459 e. The van der Waals surface area contributed by atoms with Crippen molar-refractivity contribution >= 4 is 24.5 Å². The van der Waals surface area contributed by atoms with Gasteiger partial charge in [-0.15, -0.1) is 0 Å². The van der Waals surface area contributed by atoms with Crippen molar-refractivity contribution in [1.82, 2.24) is 14.6 Å². The molecule has 1 aromatic heterocycles. The maximum atomic E-state index is 14.3. The van der Waals surface area contributed by atoms with Crippen molar-refractivity contribution in [3.8, 4) is 5.75 Å². The monoisotopic (exact) mass is 627 g/mol. The fourth-order valence-corrected chi connectivity index (χ4v) is 6.56. The summed E-state index contributed by atoms with van der Waals surface area (Å²) >= 11 is 0. The van der Waals surface area contributed by atoms with Crippen LogP contribution in [0, 0.1) is 5.82 Å². The molecule has 1 aliphatic rings. The molecule has 1 saturated heterocycles. The number of aromatic nitrogens is 2. The van der Waals surface area contributed by atoms with Gasteiger partial charge in [-0.2, -0.15) is 9.48 Å². The number of ether oxygens (including phenoxy) is 2. The number of aliphatic hydroxyl groups excluding tert-OH is 1. The second-order valence-electron chi connectivity index (χ2n) is 10.3. The molecular formula is C30H31FN3O9P. The molecule has 44 heavy (non-hydrogen) atoms. The number of nitrogens with one attached hydrogen (secondary N) is 2. The SMILES string of the molecule is C[C@H](N[P@](=O)(Oc1cccc2ccccc12)O[C@H](C)[C@H]1O[C@@H](n2cc(F)c(=O)[nH]c2=O)C[C@@H]1O)C(=O)OCc1ccccc1. The molecule has 12 nitrogen and oxygen atoms in total. The quantitative estimate of drug-likeness (QED) is 0.165. The molecule has 0 saturated carbocycles. The van der Waals surface area contributed by atoms with Crippen LogP contribution in [0.2, 0.25) is 0 Å². The predicted molar refractivity (Wildman–Crippen MR) is 157 cm³/mol. The summed E-state index contributed by atoms with van der Waals surface area (Å²) in [6.07, 6.45) is -4.17. The molecule has 0 radical (unpaired) electrons. The maximum absolute atomic E-state index is 14.3. The van der Waals surface area contributed by atoms with Gasteiger partial charge in [0, 0.05) is 11.8 Å². The minimum absolute atomic E-state index is 0.00829. The van der Waals surface area contributed by atoms with Gasteiger partial charge in [0.15, 0.2) is 0 Å². The van der Waals surface area contributed by atoms with Crippen LogP contribution in [0.5, 0.6) is 5.75 Å². The van der Waals surface area contributed by atoms with Crippen molar-refractivity contribution in [2.75, 3.05) is 0 Å². The summed E-state index contributed by atoms with van der Waals surface area (Å²) in [6.45, 7) is 2.89. The van der Waals surface area contributed by atoms with Crippen molar-refractivity contribution in [3.05, 3.63) is 111 Å². The van der Waals surface area contributed by atoms with E-state index in [0.29, 0.717) is 11.6 Å². The molecule has 0 unspecified atom stereocenters. The standard InChI is InChI=1S/C30H31FN3O9P/c1-18(29(37)40-17-20-9-4-3-5-10-20)33-44(39,43-25-14-8-12-21-11-6-7-13-22(21)25)42-19(2)27-24(35)15-26(41-27)34-16-23(31)28(36)32-30(34)38/h3-14,16,18-19,24,26-27,35H,15,17H2,1-2H3,(H,33,39)(H,32,36,38)/t18-,19+,24-,26+,27+,44+/m0/s1. The molecule has 1 fully saturated rings. The van der Waals surface area contributed by atoms with Crippen LogP contribution >= 0.6 is 7.75 Å². The number of carbonyl (C=O) groups is 1. The second kappa shape index (κ2) is 13.2. The van der Waals surface area contributed by atoms with Crippen LogP contribution in [0.3, 0.4) is 0 Å². The Bertz CT molecular complexity index is 1790. The van der Waals surface area contributed by atoms with Crippen molar-refractivity contribution in [3.63, 3.8) is 0 Å². The Labute approximate surface area is 250 Å². The van der Waals surface area contributed by atoms with Crippen LogP contribution in [0.15, 0.2) is 88.6 Å². The van der Waals surface area contributed by atoms with Crippen molar-refractivity contribution < 1.29 is 37.4 Å². The molecule has 5 rings (SSSR count). The Morgan fingerprint density at radius 3 is 2.59 bits per heavy atom.